The number of nitrogens with one attached hydrogen (secondary N) is 2. The second-order valence-corrected chi connectivity index (χ2v) is 5.30. The number of benzene rings is 2. The lowest BCUT2D eigenvalue weighted by Gasteiger charge is -1.98. The van der Waals surface area contributed by atoms with E-state index in [2.05, 4.69) is 20.7 Å². The van der Waals surface area contributed by atoms with Gasteiger partial charge in [-0.25, -0.2) is 9.82 Å². The maximum absolute atomic E-state index is 12.8. The molecule has 0 saturated heterocycles. The molecule has 0 aliphatic carbocycles. The van der Waals surface area contributed by atoms with Gasteiger partial charge in [0.2, 0.25) is 0 Å². The van der Waals surface area contributed by atoms with E-state index in [1.807, 2.05) is 18.2 Å². The number of amides is 1. The number of carbonyl (C=O) groups is 1. The van der Waals surface area contributed by atoms with E-state index in [0.717, 1.165) is 5.56 Å². The number of aromatic nitrogens is 2. The highest BCUT2D eigenvalue weighted by Crippen LogP contribution is 2.26. The summed E-state index contributed by atoms with van der Waals surface area (Å²) >= 11 is 6.11. The number of hydrazone groups is 1. The minimum absolute atomic E-state index is 0.251. The Labute approximate surface area is 142 Å². The second-order valence-electron chi connectivity index (χ2n) is 4.90. The number of hydrogen-bond donors (Lipinski definition) is 2. The first-order valence-corrected chi connectivity index (χ1v) is 7.40. The van der Waals surface area contributed by atoms with E-state index >= 15 is 0 Å². The zero-order valence-corrected chi connectivity index (χ0v) is 13.1. The molecule has 0 aliphatic rings. The van der Waals surface area contributed by atoms with Crippen LogP contribution in [0.1, 0.15) is 16.1 Å². The number of H-pyrrole nitrogens is 1. The van der Waals surface area contributed by atoms with E-state index in [0.29, 0.717) is 16.3 Å². The third kappa shape index (κ3) is 3.67. The fraction of sp³-hybridized carbons (Fsp3) is 0. The normalized spacial score (nSPS) is 10.9. The van der Waals surface area contributed by atoms with Gasteiger partial charge < -0.3 is 0 Å². The number of carbonyl (C=O) groups excluding carboxylic acids is 1. The van der Waals surface area contributed by atoms with Gasteiger partial charge in [-0.05, 0) is 29.8 Å². The van der Waals surface area contributed by atoms with Crippen LogP contribution in [0.4, 0.5) is 4.39 Å². The Morgan fingerprint density at radius 2 is 1.96 bits per heavy atom. The summed E-state index contributed by atoms with van der Waals surface area (Å²) in [6.45, 7) is 0. The minimum atomic E-state index is -0.445. The fourth-order valence-electron chi connectivity index (χ4n) is 2.02. The van der Waals surface area contributed by atoms with E-state index in [-0.39, 0.29) is 11.5 Å². The van der Waals surface area contributed by atoms with Crippen LogP contribution < -0.4 is 5.43 Å². The molecular formula is C17H12ClFN4O. The molecule has 3 aromatic rings. The third-order valence-corrected chi connectivity index (χ3v) is 3.55. The van der Waals surface area contributed by atoms with E-state index in [9.17, 15) is 9.18 Å². The van der Waals surface area contributed by atoms with Crippen molar-refractivity contribution in [3.8, 4) is 11.3 Å². The number of rotatable bonds is 4. The molecular weight excluding hydrogens is 331 g/mol. The number of halogens is 2. The first kappa shape index (κ1) is 15.9. The first-order chi connectivity index (χ1) is 11.6. The Bertz CT molecular complexity index is 890. The van der Waals surface area contributed by atoms with E-state index in [1.165, 1.54) is 18.3 Å². The topological polar surface area (TPSA) is 70.1 Å². The summed E-state index contributed by atoms with van der Waals surface area (Å²) in [6.07, 6.45) is 1.42. The van der Waals surface area contributed by atoms with Crippen molar-refractivity contribution in [2.45, 2.75) is 0 Å². The molecule has 5 nitrogen and oxygen atoms in total. The predicted octanol–water partition coefficient (Wildman–Crippen LogP) is 3.63. The summed E-state index contributed by atoms with van der Waals surface area (Å²) in [5.74, 6) is -0.778. The molecule has 24 heavy (non-hydrogen) atoms. The lowest BCUT2D eigenvalue weighted by Crippen LogP contribution is -2.17. The molecule has 1 heterocycles. The van der Waals surface area contributed by atoms with Crippen LogP contribution in [0.15, 0.2) is 59.7 Å². The zero-order valence-electron chi connectivity index (χ0n) is 12.3. The number of nitrogens with zero attached hydrogens (tertiary/aromatic N) is 2. The van der Waals surface area contributed by atoms with Crippen LogP contribution in [0.25, 0.3) is 11.3 Å². The van der Waals surface area contributed by atoms with Crippen LogP contribution in [0, 0.1) is 5.82 Å². The third-order valence-electron chi connectivity index (χ3n) is 3.22. The van der Waals surface area contributed by atoms with Gasteiger partial charge in [0.1, 0.15) is 11.5 Å². The zero-order chi connectivity index (χ0) is 16.9. The van der Waals surface area contributed by atoms with Gasteiger partial charge >= 0.3 is 0 Å². The average Bonchev–Trinajstić information content (AvgIpc) is 3.07. The van der Waals surface area contributed by atoms with Crippen molar-refractivity contribution < 1.29 is 9.18 Å². The predicted molar refractivity (Wildman–Crippen MR) is 90.5 cm³/mol. The summed E-state index contributed by atoms with van der Waals surface area (Å²) in [4.78, 5) is 12.0. The van der Waals surface area contributed by atoms with Gasteiger partial charge in [-0.2, -0.15) is 10.2 Å². The molecule has 3 rings (SSSR count). The molecule has 1 amide bonds. The van der Waals surface area contributed by atoms with Crippen molar-refractivity contribution >= 4 is 23.7 Å². The molecule has 0 saturated carbocycles. The highest BCUT2D eigenvalue weighted by Gasteiger charge is 2.12. The van der Waals surface area contributed by atoms with Gasteiger partial charge in [0, 0.05) is 5.56 Å². The van der Waals surface area contributed by atoms with Gasteiger partial charge in [-0.1, -0.05) is 41.9 Å². The van der Waals surface area contributed by atoms with Crippen LogP contribution in [0.3, 0.4) is 0 Å². The maximum atomic E-state index is 12.8. The van der Waals surface area contributed by atoms with Gasteiger partial charge in [0.25, 0.3) is 5.91 Å². The molecule has 120 valence electrons. The van der Waals surface area contributed by atoms with Crippen molar-refractivity contribution in [2.75, 3.05) is 0 Å². The molecule has 1 aromatic heterocycles. The largest absolute Gasteiger partial charge is 0.289 e. The average molecular weight is 343 g/mol. The second kappa shape index (κ2) is 7.06. The van der Waals surface area contributed by atoms with Crippen molar-refractivity contribution in [3.05, 3.63) is 76.7 Å². The first-order valence-electron chi connectivity index (χ1n) is 7.03. The molecule has 0 bridgehead atoms. The fourth-order valence-corrected chi connectivity index (χ4v) is 2.25. The van der Waals surface area contributed by atoms with Crippen LogP contribution in [0.5, 0.6) is 0 Å². The van der Waals surface area contributed by atoms with E-state index in [1.54, 1.807) is 24.3 Å². The maximum Gasteiger partial charge on any atom is 0.289 e. The highest BCUT2D eigenvalue weighted by molar-refractivity contribution is 6.33. The molecule has 0 radical (unpaired) electrons. The minimum Gasteiger partial charge on any atom is -0.272 e. The summed E-state index contributed by atoms with van der Waals surface area (Å²) in [6, 6.07) is 14.5. The smallest absolute Gasteiger partial charge is 0.272 e. The van der Waals surface area contributed by atoms with Crippen molar-refractivity contribution in [3.63, 3.8) is 0 Å². The summed E-state index contributed by atoms with van der Waals surface area (Å²) < 4.78 is 12.8. The Morgan fingerprint density at radius 3 is 2.71 bits per heavy atom. The summed E-state index contributed by atoms with van der Waals surface area (Å²) in [7, 11) is 0. The summed E-state index contributed by atoms with van der Waals surface area (Å²) in [5, 5.41) is 11.1. The van der Waals surface area contributed by atoms with Gasteiger partial charge in [0.15, 0.2) is 0 Å². The molecule has 0 aliphatic heterocycles. The Hall–Kier alpha value is -2.99. The Balaban J connectivity index is 1.68. The van der Waals surface area contributed by atoms with Crippen LogP contribution >= 0.6 is 11.6 Å². The molecule has 2 aromatic carbocycles. The van der Waals surface area contributed by atoms with Crippen LogP contribution in [-0.2, 0) is 0 Å². The summed E-state index contributed by atoms with van der Waals surface area (Å²) in [5.41, 5.74) is 4.58. The van der Waals surface area contributed by atoms with E-state index in [4.69, 9.17) is 11.6 Å². The Morgan fingerprint density at radius 1 is 1.21 bits per heavy atom. The standard InChI is InChI=1S/C17H12ClFN4O/c18-14-4-2-1-3-13(14)15-9-16(22-21-15)17(24)23-20-10-11-5-7-12(19)8-6-11/h1-10H,(H,21,22)(H,23,24)/b20-10+. The molecule has 0 spiro atoms. The van der Waals surface area contributed by atoms with Crippen molar-refractivity contribution in [2.24, 2.45) is 5.10 Å². The number of aromatic amines is 1. The van der Waals surface area contributed by atoms with Gasteiger partial charge in [-0.3, -0.25) is 9.89 Å². The van der Waals surface area contributed by atoms with Crippen LogP contribution in [-0.4, -0.2) is 22.3 Å². The Kier molecular flexibility index (Phi) is 4.67. The molecule has 2 N–H and O–H groups in total. The van der Waals surface area contributed by atoms with E-state index < -0.39 is 5.91 Å². The molecule has 7 heteroatoms. The molecule has 0 atom stereocenters. The molecule has 0 fully saturated rings. The van der Waals surface area contributed by atoms with Gasteiger partial charge in [-0.15, -0.1) is 0 Å². The lowest BCUT2D eigenvalue weighted by atomic mass is 10.1. The van der Waals surface area contributed by atoms with Crippen molar-refractivity contribution in [1.29, 1.82) is 0 Å². The molecule has 0 unspecified atom stereocenters. The monoisotopic (exact) mass is 342 g/mol. The van der Waals surface area contributed by atoms with Gasteiger partial charge in [0.05, 0.1) is 16.9 Å². The van der Waals surface area contributed by atoms with Crippen LogP contribution in [0.2, 0.25) is 5.02 Å². The highest BCUT2D eigenvalue weighted by atomic mass is 35.5. The quantitative estimate of drug-likeness (QED) is 0.561. The number of hydrogen-bond acceptors (Lipinski definition) is 3. The lowest BCUT2D eigenvalue weighted by molar-refractivity contribution is 0.0950. The van der Waals surface area contributed by atoms with Crippen molar-refractivity contribution in [1.82, 2.24) is 15.6 Å². The SMILES string of the molecule is O=C(N/N=C/c1ccc(F)cc1)c1cc(-c2ccccc2Cl)n[nH]1.